The molecule has 2 aromatic heterocycles. The molecule has 0 aliphatic rings. The summed E-state index contributed by atoms with van der Waals surface area (Å²) in [6, 6.07) is -0.261. The lowest BCUT2D eigenvalue weighted by Crippen LogP contribution is -2.22. The highest BCUT2D eigenvalue weighted by atomic mass is 35.5. The lowest BCUT2D eigenvalue weighted by Gasteiger charge is -2.06. The second-order valence-corrected chi connectivity index (χ2v) is 4.22. The van der Waals surface area contributed by atoms with Crippen LogP contribution in [0, 0.1) is 0 Å². The predicted octanol–water partition coefficient (Wildman–Crippen LogP) is 0.00480. The number of rotatable bonds is 6. The third-order valence-corrected chi connectivity index (χ3v) is 2.35. The normalized spacial score (nSPS) is 10.6. The van der Waals surface area contributed by atoms with Gasteiger partial charge in [0.15, 0.2) is 1.41 Å². The summed E-state index contributed by atoms with van der Waals surface area (Å²) >= 11 is 11.3. The number of ether oxygens (including phenoxy) is 1. The van der Waals surface area contributed by atoms with E-state index in [2.05, 4.69) is 40.5 Å². The van der Waals surface area contributed by atoms with Crippen LogP contribution in [0.25, 0.3) is 0 Å². The lowest BCUT2D eigenvalue weighted by molar-refractivity contribution is -0.132. The molecule has 0 aliphatic heterocycles. The van der Waals surface area contributed by atoms with Crippen LogP contribution in [-0.4, -0.2) is 49.5 Å². The van der Waals surface area contributed by atoms with Gasteiger partial charge < -0.3 is 21.1 Å². The highest BCUT2D eigenvalue weighted by Gasteiger charge is 2.11. The van der Waals surface area contributed by atoms with Gasteiger partial charge in [-0.05, 0) is 23.2 Å². The fraction of sp³-hybridized carbons (Fsp3) is 0.222. The van der Waals surface area contributed by atoms with Gasteiger partial charge in [0.25, 0.3) is 0 Å². The Hall–Kier alpha value is -2.53. The molecule has 0 aliphatic carbocycles. The molecule has 0 unspecified atom stereocenters. The molecule has 0 radical (unpaired) electrons. The van der Waals surface area contributed by atoms with Gasteiger partial charge in [-0.1, -0.05) is 0 Å². The van der Waals surface area contributed by atoms with Crippen LogP contribution in [0.2, 0.25) is 12.0 Å². The van der Waals surface area contributed by atoms with Crippen molar-refractivity contribution in [2.24, 2.45) is 0 Å². The van der Waals surface area contributed by atoms with Crippen LogP contribution in [0.3, 0.4) is 0 Å². The quantitative estimate of drug-likeness (QED) is 0.605. The largest absolute Gasteiger partial charge is 0.389 e. The summed E-state index contributed by atoms with van der Waals surface area (Å²) < 4.78 is 11.8. The van der Waals surface area contributed by atoms with Gasteiger partial charge in [-0.2, -0.15) is 29.9 Å². The van der Waals surface area contributed by atoms with E-state index in [4.69, 9.17) is 29.4 Å². The topological polar surface area (TPSA) is 154 Å². The number of nitrogens with zero attached hydrogens (tertiary/aromatic N) is 6. The standard InChI is InChI=1S/C9H9Cl2N9O2/c1-13-7-16-5(11)18-9(20-7)22-3(21)2-14-8-17-4(10)15-6(12)19-8/h2H2,1H3,(H,13,16,18,20)(H3,12,14,15,17,19)/i/hD. The van der Waals surface area contributed by atoms with Crippen molar-refractivity contribution in [3.8, 4) is 6.01 Å². The minimum absolute atomic E-state index is 0.0127. The monoisotopic (exact) mass is 346 g/mol. The number of nitrogens with one attached hydrogen (secondary N) is 2. The second kappa shape index (κ2) is 6.95. The molecule has 0 atom stereocenters. The molecule has 0 bridgehead atoms. The van der Waals surface area contributed by atoms with Gasteiger partial charge >= 0.3 is 12.0 Å². The molecule has 2 heterocycles. The predicted molar refractivity (Wildman–Crippen MR) is 77.8 cm³/mol. The van der Waals surface area contributed by atoms with E-state index in [1.54, 1.807) is 7.05 Å². The maximum atomic E-state index is 11.7. The van der Waals surface area contributed by atoms with Crippen molar-refractivity contribution in [2.45, 2.75) is 0 Å². The molecule has 2 aromatic rings. The molecule has 22 heavy (non-hydrogen) atoms. The molecule has 0 spiro atoms. The summed E-state index contributed by atoms with van der Waals surface area (Å²) in [4.78, 5) is 34.1. The minimum atomic E-state index is -0.730. The van der Waals surface area contributed by atoms with E-state index in [0.717, 1.165) is 0 Å². The molecule has 0 saturated carbocycles. The van der Waals surface area contributed by atoms with Crippen LogP contribution in [0.15, 0.2) is 0 Å². The highest BCUT2D eigenvalue weighted by Crippen LogP contribution is 2.11. The molecule has 0 amide bonds. The smallest absolute Gasteiger partial charge is 0.333 e. The van der Waals surface area contributed by atoms with Crippen molar-refractivity contribution in [1.82, 2.24) is 29.9 Å². The maximum Gasteiger partial charge on any atom is 0.333 e. The van der Waals surface area contributed by atoms with Crippen molar-refractivity contribution >= 4 is 47.0 Å². The Bertz CT molecular complexity index is 719. The number of anilines is 3. The van der Waals surface area contributed by atoms with E-state index in [-0.39, 0.29) is 41.0 Å². The Kier molecular flexibility index (Phi) is 4.56. The Labute approximate surface area is 135 Å². The summed E-state index contributed by atoms with van der Waals surface area (Å²) in [5.74, 6) is -0.674. The molecule has 0 saturated heterocycles. The molecular formula is C9H9Cl2N9O2. The van der Waals surface area contributed by atoms with Gasteiger partial charge in [0, 0.05) is 7.05 Å². The van der Waals surface area contributed by atoms with Crippen molar-refractivity contribution in [2.75, 3.05) is 30.0 Å². The number of carbonyl (C=O) groups is 1. The Balaban J connectivity index is 1.98. The number of hydrogen-bond donors (Lipinski definition) is 3. The number of carbonyl (C=O) groups excluding carboxylic acids is 1. The van der Waals surface area contributed by atoms with Crippen LogP contribution in [0.1, 0.15) is 0 Å². The third kappa shape index (κ3) is 4.49. The molecule has 4 N–H and O–H groups in total. The van der Waals surface area contributed by atoms with Crippen LogP contribution in [0.5, 0.6) is 6.01 Å². The van der Waals surface area contributed by atoms with Gasteiger partial charge in [-0.3, -0.25) is 0 Å². The first kappa shape index (κ1) is 14.4. The maximum absolute atomic E-state index is 11.7. The number of nitrogen functional groups attached to an aromatic ring is 1. The number of hydrogen-bond acceptors (Lipinski definition) is 11. The highest BCUT2D eigenvalue weighted by molar-refractivity contribution is 6.28. The Morgan fingerprint density at radius 1 is 1.18 bits per heavy atom. The molecule has 11 nitrogen and oxygen atoms in total. The van der Waals surface area contributed by atoms with Crippen molar-refractivity contribution in [3.05, 3.63) is 10.6 Å². The van der Waals surface area contributed by atoms with Crippen molar-refractivity contribution in [3.63, 3.8) is 0 Å². The second-order valence-electron chi connectivity index (χ2n) is 3.54. The van der Waals surface area contributed by atoms with Gasteiger partial charge in [0.1, 0.15) is 6.54 Å². The third-order valence-electron chi connectivity index (χ3n) is 2.02. The lowest BCUT2D eigenvalue weighted by atomic mass is 10.6. The van der Waals surface area contributed by atoms with Gasteiger partial charge in [-0.25, -0.2) is 4.79 Å². The fourth-order valence-electron chi connectivity index (χ4n) is 1.21. The van der Waals surface area contributed by atoms with Gasteiger partial charge in [0.05, 0.1) is 0 Å². The summed E-state index contributed by atoms with van der Waals surface area (Å²) in [5.41, 5.74) is 1.95. The minimum Gasteiger partial charge on any atom is -0.389 e. The molecule has 13 heteroatoms. The van der Waals surface area contributed by atoms with Crippen LogP contribution >= 0.6 is 23.2 Å². The Morgan fingerprint density at radius 2 is 1.91 bits per heavy atom. The molecular weight excluding hydrogens is 337 g/mol. The van der Waals surface area contributed by atoms with Gasteiger partial charge in [-0.15, -0.1) is 0 Å². The van der Waals surface area contributed by atoms with Crippen LogP contribution in [-0.2, 0) is 4.79 Å². The first-order valence-electron chi connectivity index (χ1n) is 6.13. The Morgan fingerprint density at radius 3 is 2.64 bits per heavy atom. The molecule has 0 aromatic carbocycles. The molecule has 116 valence electrons. The first-order chi connectivity index (χ1) is 11.0. The zero-order valence-corrected chi connectivity index (χ0v) is 12.5. The summed E-state index contributed by atoms with van der Waals surface area (Å²) in [5, 5.41) is 4.92. The van der Waals surface area contributed by atoms with E-state index < -0.39 is 5.97 Å². The van der Waals surface area contributed by atoms with Crippen molar-refractivity contribution < 1.29 is 10.9 Å². The summed E-state index contributed by atoms with van der Waals surface area (Å²) in [6.07, 6.45) is 0. The fourth-order valence-corrected chi connectivity index (χ4v) is 1.52. The van der Waals surface area contributed by atoms with E-state index >= 15 is 0 Å². The summed E-state index contributed by atoms with van der Waals surface area (Å²) in [6.45, 7) is -0.310. The number of halogens is 2. The zero-order chi connectivity index (χ0) is 16.8. The average Bonchev–Trinajstić information content (AvgIpc) is 2.51. The SMILES string of the molecule is [2H]Nc1nc(Cl)nc(NCC(=O)Oc2nc(Cl)nc(NC)n2)n1. The number of aromatic nitrogens is 6. The molecule has 2 rings (SSSR count). The van der Waals surface area contributed by atoms with Crippen LogP contribution < -0.4 is 21.1 Å². The summed E-state index contributed by atoms with van der Waals surface area (Å²) in [7, 11) is 1.57. The average molecular weight is 347 g/mol. The number of esters is 1. The van der Waals surface area contributed by atoms with E-state index in [0.29, 0.717) is 0 Å². The molecule has 0 fully saturated rings. The first-order valence-corrected chi connectivity index (χ1v) is 6.39. The van der Waals surface area contributed by atoms with Crippen molar-refractivity contribution in [1.29, 1.82) is 0 Å². The van der Waals surface area contributed by atoms with Gasteiger partial charge in [0.2, 0.25) is 28.4 Å². The van der Waals surface area contributed by atoms with E-state index in [9.17, 15) is 4.79 Å². The van der Waals surface area contributed by atoms with Crippen LogP contribution in [0.4, 0.5) is 17.8 Å². The van der Waals surface area contributed by atoms with E-state index in [1.165, 1.54) is 0 Å². The zero-order valence-electron chi connectivity index (χ0n) is 12.0. The number of nitrogens with two attached hydrogens (primary N) is 1. The van der Waals surface area contributed by atoms with E-state index in [1.807, 2.05) is 5.73 Å².